The molecular weight excluding hydrogens is 166 g/mol. The van der Waals surface area contributed by atoms with Gasteiger partial charge in [0.25, 0.3) is 6.54 Å². The maximum atomic E-state index is 6.76. The first-order chi connectivity index (χ1) is 6.19. The van der Waals surface area contributed by atoms with E-state index in [4.69, 9.17) is 11.3 Å². The highest BCUT2D eigenvalue weighted by Gasteiger charge is 2.10. The van der Waals surface area contributed by atoms with Crippen molar-refractivity contribution in [3.8, 4) is 5.88 Å². The van der Waals surface area contributed by atoms with Crippen LogP contribution in [-0.2, 0) is 6.54 Å². The summed E-state index contributed by atoms with van der Waals surface area (Å²) in [4.78, 5) is 11.6. The van der Waals surface area contributed by atoms with Crippen molar-refractivity contribution in [2.45, 2.75) is 20.4 Å². The molecule has 0 spiro atoms. The van der Waals surface area contributed by atoms with Crippen molar-refractivity contribution < 1.29 is 4.74 Å². The summed E-state index contributed by atoms with van der Waals surface area (Å²) in [5.74, 6) is 1.20. The molecule has 0 N–H and O–H groups in total. The third-order valence-corrected chi connectivity index (χ3v) is 1.74. The van der Waals surface area contributed by atoms with Crippen molar-refractivity contribution in [2.75, 3.05) is 7.11 Å². The Hall–Kier alpha value is -1.63. The molecule has 0 bridgehead atoms. The fourth-order valence-corrected chi connectivity index (χ4v) is 1.09. The third-order valence-electron chi connectivity index (χ3n) is 1.74. The second kappa shape index (κ2) is 3.85. The molecule has 1 aromatic heterocycles. The Morgan fingerprint density at radius 1 is 1.38 bits per heavy atom. The maximum absolute atomic E-state index is 6.76. The van der Waals surface area contributed by atoms with E-state index >= 15 is 0 Å². The summed E-state index contributed by atoms with van der Waals surface area (Å²) in [5.41, 5.74) is 1.60. The monoisotopic (exact) mass is 177 g/mol. The van der Waals surface area contributed by atoms with E-state index in [1.54, 1.807) is 14.0 Å². The van der Waals surface area contributed by atoms with Gasteiger partial charge in [0.05, 0.1) is 7.11 Å². The van der Waals surface area contributed by atoms with E-state index in [0.717, 1.165) is 11.3 Å². The number of aryl methyl sites for hydroxylation is 1. The Morgan fingerprint density at radius 2 is 2.08 bits per heavy atom. The van der Waals surface area contributed by atoms with Gasteiger partial charge in [-0.1, -0.05) is 0 Å². The lowest BCUT2D eigenvalue weighted by atomic mass is 10.2. The molecule has 1 rings (SSSR count). The fourth-order valence-electron chi connectivity index (χ4n) is 1.09. The van der Waals surface area contributed by atoms with E-state index in [9.17, 15) is 0 Å². The largest absolute Gasteiger partial charge is 0.481 e. The number of hydrogen-bond donors (Lipinski definition) is 0. The van der Waals surface area contributed by atoms with E-state index < -0.39 is 0 Å². The lowest BCUT2D eigenvalue weighted by molar-refractivity contribution is 0.391. The van der Waals surface area contributed by atoms with Crippen LogP contribution in [0.4, 0.5) is 0 Å². The van der Waals surface area contributed by atoms with Gasteiger partial charge < -0.3 is 9.58 Å². The van der Waals surface area contributed by atoms with Crippen LogP contribution in [0.5, 0.6) is 5.88 Å². The molecule has 0 radical (unpaired) electrons. The molecular formula is C9H11N3O. The highest BCUT2D eigenvalue weighted by atomic mass is 16.5. The van der Waals surface area contributed by atoms with Crippen LogP contribution in [-0.4, -0.2) is 17.1 Å². The average Bonchev–Trinajstić information content (AvgIpc) is 2.11. The van der Waals surface area contributed by atoms with Gasteiger partial charge in [-0.05, 0) is 13.8 Å². The lowest BCUT2D eigenvalue weighted by Gasteiger charge is -2.05. The van der Waals surface area contributed by atoms with Crippen molar-refractivity contribution in [3.63, 3.8) is 0 Å². The second-order valence-corrected chi connectivity index (χ2v) is 2.67. The van der Waals surface area contributed by atoms with Crippen LogP contribution >= 0.6 is 0 Å². The number of rotatable bonds is 2. The van der Waals surface area contributed by atoms with Crippen molar-refractivity contribution >= 4 is 0 Å². The predicted molar refractivity (Wildman–Crippen MR) is 48.4 cm³/mol. The molecule has 0 amide bonds. The molecule has 0 unspecified atom stereocenters. The van der Waals surface area contributed by atoms with Gasteiger partial charge in [-0.3, -0.25) is 0 Å². The Kier molecular flexibility index (Phi) is 2.80. The zero-order valence-electron chi connectivity index (χ0n) is 7.96. The summed E-state index contributed by atoms with van der Waals surface area (Å²) in [6.45, 7) is 10.7. The smallest absolute Gasteiger partial charge is 0.256 e. The van der Waals surface area contributed by atoms with E-state index in [2.05, 4.69) is 14.8 Å². The van der Waals surface area contributed by atoms with E-state index in [1.807, 2.05) is 6.92 Å². The SMILES string of the molecule is [C-]#[N+]Cc1nc(C)nc(OC)c1C. The molecule has 68 valence electrons. The first kappa shape index (κ1) is 9.46. The highest BCUT2D eigenvalue weighted by molar-refractivity contribution is 5.30. The number of aromatic nitrogens is 2. The quantitative estimate of drug-likeness (QED) is 0.643. The number of methoxy groups -OCH3 is 1. The van der Waals surface area contributed by atoms with Gasteiger partial charge in [0, 0.05) is 5.56 Å². The van der Waals surface area contributed by atoms with Crippen molar-refractivity contribution in [1.82, 2.24) is 9.97 Å². The molecule has 0 aliphatic heterocycles. The van der Waals surface area contributed by atoms with Crippen LogP contribution in [0.2, 0.25) is 0 Å². The van der Waals surface area contributed by atoms with E-state index in [-0.39, 0.29) is 6.54 Å². The predicted octanol–water partition coefficient (Wildman–Crippen LogP) is 1.52. The first-order valence-corrected chi connectivity index (χ1v) is 3.90. The molecule has 1 aromatic rings. The Bertz CT molecular complexity index is 355. The molecule has 0 atom stereocenters. The molecule has 0 saturated carbocycles. The van der Waals surface area contributed by atoms with Gasteiger partial charge in [0.2, 0.25) is 5.88 Å². The van der Waals surface area contributed by atoms with Crippen molar-refractivity contribution in [3.05, 3.63) is 28.5 Å². The summed E-state index contributed by atoms with van der Waals surface area (Å²) in [6, 6.07) is 0. The molecule has 13 heavy (non-hydrogen) atoms. The fraction of sp³-hybridized carbons (Fsp3) is 0.444. The normalized spacial score (nSPS) is 9.38. The highest BCUT2D eigenvalue weighted by Crippen LogP contribution is 2.17. The summed E-state index contributed by atoms with van der Waals surface area (Å²) in [5, 5.41) is 0. The minimum atomic E-state index is 0.283. The number of ether oxygens (including phenoxy) is 1. The van der Waals surface area contributed by atoms with Gasteiger partial charge in [0.1, 0.15) is 11.5 Å². The van der Waals surface area contributed by atoms with Crippen LogP contribution in [0.3, 0.4) is 0 Å². The number of nitrogens with zero attached hydrogens (tertiary/aromatic N) is 3. The summed E-state index contributed by atoms with van der Waals surface area (Å²) < 4.78 is 5.06. The second-order valence-electron chi connectivity index (χ2n) is 2.67. The molecule has 0 saturated heterocycles. The molecule has 1 heterocycles. The van der Waals surface area contributed by atoms with Gasteiger partial charge in [-0.2, -0.15) is 4.98 Å². The topological polar surface area (TPSA) is 39.4 Å². The van der Waals surface area contributed by atoms with Gasteiger partial charge >= 0.3 is 0 Å². The zero-order chi connectivity index (χ0) is 9.84. The van der Waals surface area contributed by atoms with Crippen LogP contribution in [0, 0.1) is 20.4 Å². The average molecular weight is 177 g/mol. The lowest BCUT2D eigenvalue weighted by Crippen LogP contribution is -2.01. The Morgan fingerprint density at radius 3 is 2.62 bits per heavy atom. The summed E-state index contributed by atoms with van der Waals surface area (Å²) >= 11 is 0. The summed E-state index contributed by atoms with van der Waals surface area (Å²) in [7, 11) is 1.57. The van der Waals surface area contributed by atoms with E-state index in [1.165, 1.54) is 0 Å². The molecule has 0 aliphatic rings. The molecule has 4 nitrogen and oxygen atoms in total. The standard InChI is InChI=1S/C9H11N3O/c1-6-8(5-10-3)11-7(2)12-9(6)13-4/h5H2,1-2,4H3. The molecule has 0 aromatic carbocycles. The Balaban J connectivity index is 3.20. The van der Waals surface area contributed by atoms with Crippen LogP contribution < -0.4 is 4.74 Å². The van der Waals surface area contributed by atoms with Crippen molar-refractivity contribution in [1.29, 1.82) is 0 Å². The maximum Gasteiger partial charge on any atom is 0.256 e. The summed E-state index contributed by atoms with van der Waals surface area (Å²) in [6.07, 6.45) is 0. The van der Waals surface area contributed by atoms with E-state index in [0.29, 0.717) is 11.7 Å². The third kappa shape index (κ3) is 1.94. The van der Waals surface area contributed by atoms with Gasteiger partial charge in [-0.25, -0.2) is 11.6 Å². The molecule has 0 fully saturated rings. The minimum Gasteiger partial charge on any atom is -0.481 e. The van der Waals surface area contributed by atoms with Crippen LogP contribution in [0.15, 0.2) is 0 Å². The number of hydrogen-bond acceptors (Lipinski definition) is 3. The van der Waals surface area contributed by atoms with Crippen LogP contribution in [0.1, 0.15) is 17.1 Å². The Labute approximate surface area is 77.4 Å². The van der Waals surface area contributed by atoms with Crippen LogP contribution in [0.25, 0.3) is 4.85 Å². The molecule has 4 heteroatoms. The minimum absolute atomic E-state index is 0.283. The van der Waals surface area contributed by atoms with Crippen molar-refractivity contribution in [2.24, 2.45) is 0 Å². The molecule has 0 aliphatic carbocycles. The zero-order valence-corrected chi connectivity index (χ0v) is 7.96. The van der Waals surface area contributed by atoms with Gasteiger partial charge in [-0.15, -0.1) is 0 Å². The van der Waals surface area contributed by atoms with Gasteiger partial charge in [0.15, 0.2) is 0 Å². The first-order valence-electron chi connectivity index (χ1n) is 3.90.